The quantitative estimate of drug-likeness (QED) is 0.849. The van der Waals surface area contributed by atoms with Gasteiger partial charge in [-0.25, -0.2) is 9.78 Å². The first-order chi connectivity index (χ1) is 6.59. The summed E-state index contributed by atoms with van der Waals surface area (Å²) in [7, 11) is 0. The lowest BCUT2D eigenvalue weighted by atomic mass is 10.3. The maximum atomic E-state index is 11.5. The van der Waals surface area contributed by atoms with Crippen LogP contribution in [0.25, 0.3) is 4.96 Å². The van der Waals surface area contributed by atoms with Gasteiger partial charge in [0.15, 0.2) is 4.96 Å². The zero-order valence-electron chi connectivity index (χ0n) is 6.60. The van der Waals surface area contributed by atoms with Crippen molar-refractivity contribution >= 4 is 38.2 Å². The molecule has 0 amide bonds. The number of hydrogen-bond donors (Lipinski definition) is 1. The number of aromatic nitrogens is 2. The Hall–Kier alpha value is -1.21. The molecule has 0 aromatic carbocycles. The lowest BCUT2D eigenvalue weighted by Gasteiger charge is -1.93. The van der Waals surface area contributed by atoms with Gasteiger partial charge in [0.1, 0.15) is 5.56 Å². The summed E-state index contributed by atoms with van der Waals surface area (Å²) < 4.78 is 1.93. The maximum absolute atomic E-state index is 11.5. The van der Waals surface area contributed by atoms with Gasteiger partial charge in [0.2, 0.25) is 0 Å². The number of rotatable bonds is 1. The van der Waals surface area contributed by atoms with Crippen molar-refractivity contribution in [3.63, 3.8) is 0 Å². The second-order valence-corrected chi connectivity index (χ2v) is 4.86. The minimum atomic E-state index is -1.26. The molecule has 0 aliphatic carbocycles. The Morgan fingerprint density at radius 3 is 3.00 bits per heavy atom. The summed E-state index contributed by atoms with van der Waals surface area (Å²) in [5.41, 5.74) is -0.891. The zero-order valence-corrected chi connectivity index (χ0v) is 9.00. The molecule has 2 heterocycles. The molecule has 0 bridgehead atoms. The van der Waals surface area contributed by atoms with Crippen molar-refractivity contribution in [1.82, 2.24) is 9.38 Å². The van der Waals surface area contributed by atoms with Gasteiger partial charge in [-0.3, -0.25) is 9.20 Å². The first kappa shape index (κ1) is 9.35. The first-order valence-corrected chi connectivity index (χ1v) is 5.10. The van der Waals surface area contributed by atoms with E-state index in [4.69, 9.17) is 5.11 Å². The SMILES string of the molecule is O=C(O)c1cnc2sc(Br)cn2c1=O. The van der Waals surface area contributed by atoms with E-state index in [1.807, 2.05) is 0 Å². The number of carboxylic acid groups (broad SMARTS) is 1. The van der Waals surface area contributed by atoms with E-state index in [-0.39, 0.29) is 5.56 Å². The third kappa shape index (κ3) is 1.34. The zero-order chi connectivity index (χ0) is 10.3. The van der Waals surface area contributed by atoms with E-state index in [1.165, 1.54) is 21.9 Å². The monoisotopic (exact) mass is 274 g/mol. The lowest BCUT2D eigenvalue weighted by molar-refractivity contribution is 0.0694. The molecule has 0 saturated carbocycles. The Balaban J connectivity index is 2.88. The summed E-state index contributed by atoms with van der Waals surface area (Å²) >= 11 is 4.45. The topological polar surface area (TPSA) is 71.7 Å². The number of fused-ring (bicyclic) bond motifs is 1. The maximum Gasteiger partial charge on any atom is 0.342 e. The molecular weight excluding hydrogens is 272 g/mol. The number of aromatic carboxylic acids is 1. The highest BCUT2D eigenvalue weighted by Gasteiger charge is 2.12. The van der Waals surface area contributed by atoms with Gasteiger partial charge in [0.05, 0.1) is 9.98 Å². The van der Waals surface area contributed by atoms with Crippen LogP contribution >= 0.6 is 27.3 Å². The number of hydrogen-bond acceptors (Lipinski definition) is 4. The van der Waals surface area contributed by atoms with Gasteiger partial charge in [0.25, 0.3) is 5.56 Å². The molecule has 0 spiro atoms. The minimum Gasteiger partial charge on any atom is -0.477 e. The van der Waals surface area contributed by atoms with Gasteiger partial charge in [-0.1, -0.05) is 11.3 Å². The second-order valence-electron chi connectivity index (χ2n) is 2.47. The van der Waals surface area contributed by atoms with Crippen molar-refractivity contribution in [2.75, 3.05) is 0 Å². The molecule has 0 atom stereocenters. The van der Waals surface area contributed by atoms with Gasteiger partial charge in [0, 0.05) is 6.20 Å². The summed E-state index contributed by atoms with van der Waals surface area (Å²) in [6.45, 7) is 0. The van der Waals surface area contributed by atoms with Crippen molar-refractivity contribution in [3.8, 4) is 0 Å². The van der Waals surface area contributed by atoms with E-state index in [1.54, 1.807) is 0 Å². The molecule has 0 unspecified atom stereocenters. The van der Waals surface area contributed by atoms with Gasteiger partial charge >= 0.3 is 5.97 Å². The van der Waals surface area contributed by atoms with Crippen LogP contribution in [-0.4, -0.2) is 20.5 Å². The third-order valence-corrected chi connectivity index (χ3v) is 3.08. The molecule has 14 heavy (non-hydrogen) atoms. The predicted octanol–water partition coefficient (Wildman–Crippen LogP) is 1.22. The highest BCUT2D eigenvalue weighted by atomic mass is 79.9. The van der Waals surface area contributed by atoms with Crippen molar-refractivity contribution < 1.29 is 9.90 Å². The molecule has 2 aromatic rings. The largest absolute Gasteiger partial charge is 0.477 e. The average Bonchev–Trinajstić information content (AvgIpc) is 2.46. The van der Waals surface area contributed by atoms with E-state index in [9.17, 15) is 9.59 Å². The molecule has 72 valence electrons. The van der Waals surface area contributed by atoms with Crippen molar-refractivity contribution in [2.45, 2.75) is 0 Å². The fraction of sp³-hybridized carbons (Fsp3) is 0. The van der Waals surface area contributed by atoms with E-state index in [0.29, 0.717) is 4.96 Å². The van der Waals surface area contributed by atoms with Crippen molar-refractivity contribution in [2.24, 2.45) is 0 Å². The Morgan fingerprint density at radius 2 is 2.36 bits per heavy atom. The summed E-state index contributed by atoms with van der Waals surface area (Å²) in [6, 6.07) is 0. The molecule has 2 aromatic heterocycles. The summed E-state index contributed by atoms with van der Waals surface area (Å²) in [6.07, 6.45) is 2.57. The smallest absolute Gasteiger partial charge is 0.342 e. The summed E-state index contributed by atoms with van der Waals surface area (Å²) in [5, 5.41) is 8.67. The number of carbonyl (C=O) groups is 1. The van der Waals surface area contributed by atoms with Crippen LogP contribution < -0.4 is 5.56 Å². The van der Waals surface area contributed by atoms with Crippen LogP contribution in [0.3, 0.4) is 0 Å². The Kier molecular flexibility index (Phi) is 2.12. The molecule has 0 saturated heterocycles. The normalized spacial score (nSPS) is 10.6. The molecule has 7 heteroatoms. The van der Waals surface area contributed by atoms with E-state index in [2.05, 4.69) is 20.9 Å². The van der Waals surface area contributed by atoms with Crippen LogP contribution in [0.1, 0.15) is 10.4 Å². The van der Waals surface area contributed by atoms with Crippen LogP contribution in [0, 0.1) is 0 Å². The Labute approximate surface area is 89.8 Å². The highest BCUT2D eigenvalue weighted by Crippen LogP contribution is 2.19. The van der Waals surface area contributed by atoms with Gasteiger partial charge in [-0.15, -0.1) is 0 Å². The summed E-state index contributed by atoms with van der Waals surface area (Å²) in [5.74, 6) is -1.26. The average molecular weight is 275 g/mol. The van der Waals surface area contributed by atoms with Crippen molar-refractivity contribution in [3.05, 3.63) is 32.1 Å². The standard InChI is InChI=1S/C7H3BrN2O3S/c8-4-2-10-5(11)3(6(12)13)1-9-7(10)14-4/h1-2H,(H,12,13). The van der Waals surface area contributed by atoms with Crippen LogP contribution in [0.15, 0.2) is 21.0 Å². The van der Waals surface area contributed by atoms with Crippen molar-refractivity contribution in [1.29, 1.82) is 0 Å². The molecule has 1 N–H and O–H groups in total. The van der Waals surface area contributed by atoms with Crippen LogP contribution in [0.2, 0.25) is 0 Å². The third-order valence-electron chi connectivity index (χ3n) is 1.61. The molecule has 5 nitrogen and oxygen atoms in total. The van der Waals surface area contributed by atoms with E-state index in [0.717, 1.165) is 9.98 Å². The first-order valence-electron chi connectivity index (χ1n) is 3.49. The minimum absolute atomic E-state index is 0.326. The predicted molar refractivity (Wildman–Crippen MR) is 54.0 cm³/mol. The summed E-state index contributed by atoms with van der Waals surface area (Å²) in [4.78, 5) is 26.4. The van der Waals surface area contributed by atoms with Crippen LogP contribution in [0.4, 0.5) is 0 Å². The van der Waals surface area contributed by atoms with Gasteiger partial charge in [-0.2, -0.15) is 0 Å². The molecule has 0 aliphatic rings. The molecule has 0 aliphatic heterocycles. The molecule has 2 rings (SSSR count). The Morgan fingerprint density at radius 1 is 1.64 bits per heavy atom. The van der Waals surface area contributed by atoms with Crippen LogP contribution in [-0.2, 0) is 0 Å². The van der Waals surface area contributed by atoms with E-state index >= 15 is 0 Å². The molecule has 0 radical (unpaired) electrons. The Bertz CT molecular complexity index is 574. The number of thiazole rings is 1. The molecular formula is C7H3BrN2O3S. The fourth-order valence-corrected chi connectivity index (χ4v) is 2.32. The number of carboxylic acids is 1. The van der Waals surface area contributed by atoms with E-state index < -0.39 is 11.5 Å². The van der Waals surface area contributed by atoms with Gasteiger partial charge in [-0.05, 0) is 15.9 Å². The highest BCUT2D eigenvalue weighted by molar-refractivity contribution is 9.11. The fourth-order valence-electron chi connectivity index (χ4n) is 1.00. The van der Waals surface area contributed by atoms with Gasteiger partial charge < -0.3 is 5.11 Å². The van der Waals surface area contributed by atoms with Crippen LogP contribution in [0.5, 0.6) is 0 Å². The second kappa shape index (κ2) is 3.18. The number of nitrogens with zero attached hydrogens (tertiary/aromatic N) is 2. The lowest BCUT2D eigenvalue weighted by Crippen LogP contribution is -2.21. The number of halogens is 1. The molecule has 0 fully saturated rings.